The number of terminal acetylenes is 1. The van der Waals surface area contributed by atoms with Crippen molar-refractivity contribution in [1.29, 1.82) is 0 Å². The maximum Gasteiger partial charge on any atom is 0.430 e. The molecule has 1 heterocycles. The van der Waals surface area contributed by atoms with Gasteiger partial charge in [0.1, 0.15) is 6.10 Å². The van der Waals surface area contributed by atoms with Crippen LogP contribution in [0.25, 0.3) is 0 Å². The lowest BCUT2D eigenvalue weighted by molar-refractivity contribution is -0.376. The van der Waals surface area contributed by atoms with E-state index in [1.807, 2.05) is 5.92 Å². The third-order valence-corrected chi connectivity index (χ3v) is 8.86. The first kappa shape index (κ1) is 30.1. The second kappa shape index (κ2) is 11.0. The van der Waals surface area contributed by atoms with E-state index in [-0.39, 0.29) is 60.0 Å². The van der Waals surface area contributed by atoms with Gasteiger partial charge in [-0.15, -0.1) is 6.42 Å². The van der Waals surface area contributed by atoms with E-state index in [9.17, 15) is 45.0 Å². The number of benzene rings is 1. The van der Waals surface area contributed by atoms with Gasteiger partial charge >= 0.3 is 12.4 Å². The zero-order valence-corrected chi connectivity index (χ0v) is 21.4. The predicted molar refractivity (Wildman–Crippen MR) is 133 cm³/mol. The van der Waals surface area contributed by atoms with Crippen LogP contribution in [0.3, 0.4) is 0 Å². The van der Waals surface area contributed by atoms with Crippen molar-refractivity contribution in [1.82, 2.24) is 4.31 Å². The van der Waals surface area contributed by atoms with Gasteiger partial charge < -0.3 is 15.1 Å². The fourth-order valence-electron chi connectivity index (χ4n) is 4.25. The average molecular weight is 583 g/mol. The second-order valence-electron chi connectivity index (χ2n) is 8.75. The highest BCUT2D eigenvalue weighted by Crippen LogP contribution is 2.50. The van der Waals surface area contributed by atoms with Gasteiger partial charge in [-0.1, -0.05) is 42.4 Å². The number of sulfonamides is 1. The van der Waals surface area contributed by atoms with Gasteiger partial charge in [-0.2, -0.15) is 30.6 Å². The van der Waals surface area contributed by atoms with Crippen LogP contribution in [0.4, 0.5) is 32.0 Å². The van der Waals surface area contributed by atoms with Crippen LogP contribution in [0.2, 0.25) is 0 Å². The summed E-state index contributed by atoms with van der Waals surface area (Å²) in [5.74, 6) is 2.02. The summed E-state index contributed by atoms with van der Waals surface area (Å²) in [5, 5.41) is 19.6. The number of hydrogen-bond donors (Lipinski definition) is 2. The molecule has 1 aliphatic carbocycles. The molecule has 1 aromatic rings. The molecule has 0 aromatic heterocycles. The Bertz CT molecular complexity index is 1260. The molecule has 1 fully saturated rings. The van der Waals surface area contributed by atoms with Crippen molar-refractivity contribution in [3.8, 4) is 12.3 Å². The van der Waals surface area contributed by atoms with Crippen LogP contribution in [0.5, 0.6) is 0 Å². The van der Waals surface area contributed by atoms with Crippen LogP contribution in [-0.2, 0) is 22.0 Å². The van der Waals surface area contributed by atoms with E-state index in [4.69, 9.17) is 18.6 Å². The lowest BCUT2D eigenvalue weighted by atomic mass is 9.89. The Morgan fingerprint density at radius 3 is 2.21 bits per heavy atom. The number of piperazine rings is 1. The topological polar surface area (TPSA) is 81.1 Å². The van der Waals surface area contributed by atoms with Gasteiger partial charge in [0, 0.05) is 48.7 Å². The number of allylic oxidation sites excluding steroid dienone is 4. The van der Waals surface area contributed by atoms with Crippen LogP contribution in [0.1, 0.15) is 24.0 Å². The highest BCUT2D eigenvalue weighted by molar-refractivity contribution is 7.96. The van der Waals surface area contributed by atoms with Gasteiger partial charge in [-0.3, -0.25) is 0 Å². The van der Waals surface area contributed by atoms with Crippen molar-refractivity contribution in [3.63, 3.8) is 0 Å². The zero-order valence-electron chi connectivity index (χ0n) is 19.8. The largest absolute Gasteiger partial charge is 0.430 e. The molecule has 6 nitrogen and oxygen atoms in total. The first-order valence-electron chi connectivity index (χ1n) is 11.3. The number of nitrogens with zero attached hydrogens (tertiary/aromatic N) is 2. The van der Waals surface area contributed by atoms with E-state index in [1.165, 1.54) is 10.4 Å². The van der Waals surface area contributed by atoms with E-state index in [0.717, 1.165) is 6.07 Å². The van der Waals surface area contributed by atoms with Crippen LogP contribution < -0.4 is 4.90 Å². The first-order chi connectivity index (χ1) is 17.5. The van der Waals surface area contributed by atoms with Crippen molar-refractivity contribution in [3.05, 3.63) is 52.5 Å². The summed E-state index contributed by atoms with van der Waals surface area (Å²) in [4.78, 5) is 1.89. The average Bonchev–Trinajstić information content (AvgIpc) is 2.85. The summed E-state index contributed by atoms with van der Waals surface area (Å²) in [6, 6.07) is 2.15. The number of hydrogen-bond acceptors (Lipinski definition) is 6. The summed E-state index contributed by atoms with van der Waals surface area (Å²) in [7, 11) is -3.90. The minimum Gasteiger partial charge on any atom is -0.380 e. The SMILES string of the molecule is C#CC(O)CCc1cc(C(O)(C(F)(F)F)C(F)(F)F)ccc1N1CCN(S(=O)(=O)C2=CC=CCC2=S)CC1. The summed E-state index contributed by atoms with van der Waals surface area (Å²) in [5.41, 5.74) is -6.34. The van der Waals surface area contributed by atoms with Gasteiger partial charge in [0.05, 0.1) is 4.91 Å². The minimum absolute atomic E-state index is 0.00958. The molecular weight excluding hydrogens is 558 g/mol. The van der Waals surface area contributed by atoms with E-state index >= 15 is 0 Å². The molecule has 0 spiro atoms. The fourth-order valence-corrected chi connectivity index (χ4v) is 6.27. The number of thiocarbonyl (C=S) groups is 1. The summed E-state index contributed by atoms with van der Waals surface area (Å²) in [6.45, 7) is 0.106. The number of anilines is 1. The number of rotatable bonds is 7. The van der Waals surface area contributed by atoms with Crippen LogP contribution >= 0.6 is 12.2 Å². The Morgan fingerprint density at radius 2 is 1.68 bits per heavy atom. The van der Waals surface area contributed by atoms with Crippen molar-refractivity contribution in [2.45, 2.75) is 43.3 Å². The number of alkyl halides is 6. The molecule has 0 radical (unpaired) electrons. The lowest BCUT2D eigenvalue weighted by Crippen LogP contribution is -2.54. The van der Waals surface area contributed by atoms with Gasteiger partial charge in [-0.05, 0) is 30.5 Å². The molecule has 1 unspecified atom stereocenters. The Balaban J connectivity index is 1.93. The predicted octanol–water partition coefficient (Wildman–Crippen LogP) is 3.59. The highest BCUT2D eigenvalue weighted by atomic mass is 32.2. The normalized spacial score (nSPS) is 18.8. The summed E-state index contributed by atoms with van der Waals surface area (Å²) >= 11 is 5.16. The maximum absolute atomic E-state index is 13.5. The molecule has 14 heteroatoms. The molecule has 38 heavy (non-hydrogen) atoms. The minimum atomic E-state index is -6.06. The van der Waals surface area contributed by atoms with Crippen molar-refractivity contribution in [2.24, 2.45) is 0 Å². The van der Waals surface area contributed by atoms with E-state index in [1.54, 1.807) is 17.1 Å². The molecule has 208 valence electrons. The standard InChI is InChI=1S/C24H24F6N2O4S2/c1-2-18(33)9-7-16-15-17(22(34,23(25,26)27)24(28,29)30)8-10-19(16)31-11-13-32(14-12-31)38(35,36)21-6-4-3-5-20(21)37/h1,3-4,6,8,10,15,18,33-34H,5,7,9,11-14H2. The van der Waals surface area contributed by atoms with Gasteiger partial charge in [0.2, 0.25) is 10.0 Å². The van der Waals surface area contributed by atoms with Gasteiger partial charge in [0.15, 0.2) is 0 Å². The van der Waals surface area contributed by atoms with E-state index in [2.05, 4.69) is 0 Å². The van der Waals surface area contributed by atoms with Crippen molar-refractivity contribution >= 4 is 32.8 Å². The van der Waals surface area contributed by atoms with Crippen molar-refractivity contribution < 1.29 is 45.0 Å². The Labute approximate surface area is 221 Å². The maximum atomic E-state index is 13.5. The summed E-state index contributed by atoms with van der Waals surface area (Å²) in [6.07, 6.45) is -3.66. The molecule has 0 saturated carbocycles. The van der Waals surface area contributed by atoms with Crippen LogP contribution in [0.15, 0.2) is 41.3 Å². The Kier molecular flexibility index (Phi) is 8.69. The molecule has 2 N–H and O–H groups in total. The fraction of sp³-hybridized carbons (Fsp3) is 0.458. The van der Waals surface area contributed by atoms with Crippen molar-refractivity contribution in [2.75, 3.05) is 31.1 Å². The Morgan fingerprint density at radius 1 is 1.08 bits per heavy atom. The Hall–Kier alpha value is -2.44. The summed E-state index contributed by atoms with van der Waals surface area (Å²) < 4.78 is 108. The molecular formula is C24H24F6N2O4S2. The monoisotopic (exact) mass is 582 g/mol. The molecule has 0 bridgehead atoms. The smallest absolute Gasteiger partial charge is 0.380 e. The highest BCUT2D eigenvalue weighted by Gasteiger charge is 2.71. The zero-order chi connectivity index (χ0) is 28.5. The van der Waals surface area contributed by atoms with E-state index < -0.39 is 39.6 Å². The molecule has 1 aromatic carbocycles. The van der Waals surface area contributed by atoms with Gasteiger partial charge in [0.25, 0.3) is 5.60 Å². The number of aliphatic hydroxyl groups is 2. The molecule has 2 aliphatic rings. The van der Waals surface area contributed by atoms with Crippen LogP contribution in [0, 0.1) is 12.3 Å². The molecule has 1 atom stereocenters. The number of halogens is 6. The second-order valence-corrected chi connectivity index (χ2v) is 11.1. The molecule has 1 aliphatic heterocycles. The lowest BCUT2D eigenvalue weighted by Gasteiger charge is -2.38. The number of aliphatic hydroxyl groups excluding tert-OH is 1. The molecule has 3 rings (SSSR count). The third kappa shape index (κ3) is 5.76. The third-order valence-electron chi connectivity index (χ3n) is 6.36. The number of aryl methyl sites for hydroxylation is 1. The first-order valence-corrected chi connectivity index (χ1v) is 13.2. The van der Waals surface area contributed by atoms with Gasteiger partial charge in [-0.25, -0.2) is 8.42 Å². The van der Waals surface area contributed by atoms with E-state index in [0.29, 0.717) is 18.6 Å². The quantitative estimate of drug-likeness (QED) is 0.291. The molecule has 0 amide bonds. The van der Waals surface area contributed by atoms with Crippen LogP contribution in [-0.4, -0.2) is 72.4 Å². The molecule has 1 saturated heterocycles.